The van der Waals surface area contributed by atoms with Gasteiger partial charge in [-0.3, -0.25) is 47.9 Å². The molecular weight excluding hydrogens is 1520 g/mol. The molecule has 12 atom stereocenters. The van der Waals surface area contributed by atoms with E-state index in [0.29, 0.717) is 52.3 Å². The van der Waals surface area contributed by atoms with E-state index in [1.54, 1.807) is 136 Å². The fourth-order valence-corrected chi connectivity index (χ4v) is 16.2. The average Bonchev–Trinajstić information content (AvgIpc) is 1.64. The molecule has 33 heteroatoms. The van der Waals surface area contributed by atoms with Crippen molar-refractivity contribution in [2.75, 3.05) is 34.3 Å². The lowest BCUT2D eigenvalue weighted by molar-refractivity contribution is -0.146. The molecule has 0 radical (unpaired) electrons. The van der Waals surface area contributed by atoms with Crippen molar-refractivity contribution in [3.63, 3.8) is 0 Å². The third-order valence-corrected chi connectivity index (χ3v) is 23.8. The van der Waals surface area contributed by atoms with Crippen molar-refractivity contribution < 1.29 is 70.6 Å². The van der Waals surface area contributed by atoms with Gasteiger partial charge in [0.1, 0.15) is 84.4 Å². The van der Waals surface area contributed by atoms with Crippen LogP contribution >= 0.6 is 0 Å². The van der Waals surface area contributed by atoms with Crippen LogP contribution in [-0.2, 0) is 102 Å². The number of esters is 1. The molecule has 620 valence electrons. The highest BCUT2D eigenvalue weighted by Gasteiger charge is 2.51. The smallest absolute Gasteiger partial charge is 0.328 e. The van der Waals surface area contributed by atoms with E-state index in [4.69, 9.17) is 14.2 Å². The van der Waals surface area contributed by atoms with Crippen LogP contribution in [0.1, 0.15) is 127 Å². The summed E-state index contributed by atoms with van der Waals surface area (Å²) in [6.45, 7) is 13.6. The van der Waals surface area contributed by atoms with E-state index in [0.717, 1.165) is 21.5 Å². The molecule has 6 aliphatic heterocycles. The number of sulfonamides is 1. The van der Waals surface area contributed by atoms with Gasteiger partial charge in [0, 0.05) is 38.8 Å². The summed E-state index contributed by atoms with van der Waals surface area (Å²) < 4.78 is 50.2. The Kier molecular flexibility index (Phi) is 26.2. The normalized spacial score (nSPS) is 21.8. The zero-order valence-corrected chi connectivity index (χ0v) is 68.3. The average molecular weight is 1620 g/mol. The highest BCUT2D eigenvalue weighted by molar-refractivity contribution is 7.91. The van der Waals surface area contributed by atoms with Gasteiger partial charge in [0.2, 0.25) is 57.3 Å². The number of nitrogens with zero attached hydrogens (tertiary/aromatic N) is 8. The number of carbonyl (C=O) groups is 10. The first-order valence-electron chi connectivity index (χ1n) is 39.4. The molecular formula is C84H103N17O15S. The van der Waals surface area contributed by atoms with Crippen molar-refractivity contribution in [2.45, 2.75) is 198 Å². The van der Waals surface area contributed by atoms with Crippen LogP contribution < -0.4 is 56.7 Å². The summed E-state index contributed by atoms with van der Waals surface area (Å²) in [5.41, 5.74) is 0.999. The topological polar surface area (TPSA) is 409 Å². The van der Waals surface area contributed by atoms with Gasteiger partial charge in [0.15, 0.2) is 0 Å². The summed E-state index contributed by atoms with van der Waals surface area (Å²) in [6.07, 6.45) is 3.42. The second kappa shape index (κ2) is 36.2. The van der Waals surface area contributed by atoms with Crippen molar-refractivity contribution in [3.05, 3.63) is 179 Å². The third kappa shape index (κ3) is 20.6. The van der Waals surface area contributed by atoms with Crippen LogP contribution in [0.2, 0.25) is 0 Å². The number of nitrogens with one attached hydrogen (secondary N) is 9. The van der Waals surface area contributed by atoms with Gasteiger partial charge in [-0.05, 0) is 133 Å². The third-order valence-electron chi connectivity index (χ3n) is 22.0. The van der Waals surface area contributed by atoms with Gasteiger partial charge in [0.25, 0.3) is 5.91 Å². The van der Waals surface area contributed by atoms with Gasteiger partial charge < -0.3 is 66.5 Å². The first-order chi connectivity index (χ1) is 55.7. The molecule has 8 aromatic rings. The predicted molar refractivity (Wildman–Crippen MR) is 432 cm³/mol. The molecule has 7 aliphatic rings. The largest absolute Gasteiger partial charge is 0.487 e. The Bertz CT molecular complexity index is 5120. The van der Waals surface area contributed by atoms with E-state index in [-0.39, 0.29) is 70.5 Å². The summed E-state index contributed by atoms with van der Waals surface area (Å²) in [7, 11) is 0.207. The number of carbonyl (C=O) groups excluding carboxylic acids is 10. The Morgan fingerprint density at radius 3 is 1.32 bits per heavy atom. The Balaban J connectivity index is 0.913. The van der Waals surface area contributed by atoms with Gasteiger partial charge >= 0.3 is 5.97 Å². The number of rotatable bonds is 16. The first-order valence-corrected chi connectivity index (χ1v) is 40.9. The minimum atomic E-state index is -4.20. The molecule has 8 bridgehead atoms. The number of methoxy groups -OCH3 is 1. The molecule has 3 fully saturated rings. The standard InChI is InChI=1S/C84H103N17O15S/c1-48(85-9)73(102)91-71(83(3,4)5)80(109)98-36-34-67-69(98)78(107)88-63(42-52-20-26-54-16-12-14-18-56(54)38-52)75(104)87-65(77(106)95-117(112,113)62-32-33-62)40-50-22-28-60(29-23-50)115-46-58-44-101(97-93-58)68-35-37-99(81(110)72(84(6,7)8)92-74(103)49(2)86-10)70(68)79(108)89-64(43-53-21-27-55-17-13-15-19-57(55)39-53)76(105)90-66(82(111)114-11)41-51-24-30-61(31-25-51)116-47-59-45-100(67)96-94-59/h12-31,38-39,44-45,48-49,62-72,85-86H,32-37,40-43,46-47H2,1-11H3,(H,87,104)(H,88,107)(H,89,108)(H,90,105)(H,91,102)(H,92,103)(H,95,106)/t48-,49-,63-,64-,65-,66-,67+,68+,69-,70-,71+,72+/m0/s1. The van der Waals surface area contributed by atoms with E-state index < -0.39 is 158 Å². The van der Waals surface area contributed by atoms with E-state index >= 15 is 28.8 Å². The van der Waals surface area contributed by atoms with Gasteiger partial charge in [-0.15, -0.1) is 10.2 Å². The molecule has 1 saturated carbocycles. The number of ether oxygens (including phenoxy) is 3. The van der Waals surface area contributed by atoms with E-state index in [2.05, 4.69) is 67.9 Å². The first kappa shape index (κ1) is 84.7. The molecule has 8 heterocycles. The van der Waals surface area contributed by atoms with E-state index in [1.807, 2.05) is 78.9 Å². The second-order valence-electron chi connectivity index (χ2n) is 32.7. The lowest BCUT2D eigenvalue weighted by atomic mass is 9.85. The lowest BCUT2D eigenvalue weighted by Crippen LogP contribution is -2.62. The summed E-state index contributed by atoms with van der Waals surface area (Å²) in [5.74, 6) is -6.51. The zero-order chi connectivity index (χ0) is 83.8. The monoisotopic (exact) mass is 1620 g/mol. The van der Waals surface area contributed by atoms with Crippen molar-refractivity contribution in [1.29, 1.82) is 0 Å². The molecule has 9 amide bonds. The van der Waals surface area contributed by atoms with Crippen LogP contribution in [0.5, 0.6) is 11.5 Å². The van der Waals surface area contributed by atoms with Crippen LogP contribution in [0, 0.1) is 10.8 Å². The van der Waals surface area contributed by atoms with Gasteiger partial charge in [-0.1, -0.05) is 161 Å². The summed E-state index contributed by atoms with van der Waals surface area (Å²) in [6, 6.07) is 25.2. The Labute approximate surface area is 678 Å². The molecule has 15 rings (SSSR count). The van der Waals surface area contributed by atoms with E-state index in [9.17, 15) is 27.6 Å². The summed E-state index contributed by atoms with van der Waals surface area (Å²) in [4.78, 5) is 152. The molecule has 2 aromatic heterocycles. The molecule has 0 spiro atoms. The number of hydrogen-bond acceptors (Lipinski definition) is 21. The number of amides is 9. The molecule has 32 nitrogen and oxygen atoms in total. The molecule has 0 unspecified atom stereocenters. The minimum Gasteiger partial charge on any atom is -0.487 e. The Morgan fingerprint density at radius 1 is 0.530 bits per heavy atom. The molecule has 1 aliphatic carbocycles. The molecule has 2 saturated heterocycles. The Morgan fingerprint density at radius 2 is 0.932 bits per heavy atom. The number of benzene rings is 6. The highest BCUT2D eigenvalue weighted by Crippen LogP contribution is 2.36. The van der Waals surface area contributed by atoms with Gasteiger partial charge in [-0.2, -0.15) is 0 Å². The Hall–Kier alpha value is -11.7. The number of fused-ring (bicyclic) bond motifs is 2. The quantitative estimate of drug-likeness (QED) is 0.0619. The predicted octanol–water partition coefficient (Wildman–Crippen LogP) is 3.90. The number of aromatic nitrogens is 6. The van der Waals surface area contributed by atoms with Crippen LogP contribution in [0.25, 0.3) is 21.5 Å². The number of likely N-dealkylation sites (tertiary alicyclic amines) is 2. The maximum absolute atomic E-state index is 15.8. The lowest BCUT2D eigenvalue weighted by Gasteiger charge is -2.37. The van der Waals surface area contributed by atoms with Crippen LogP contribution in [0.4, 0.5) is 0 Å². The number of likely N-dealkylation sites (N-methyl/N-ethyl adjacent to an activating group) is 2. The van der Waals surface area contributed by atoms with Crippen LogP contribution in [0.15, 0.2) is 146 Å². The van der Waals surface area contributed by atoms with Gasteiger partial charge in [0.05, 0.1) is 48.9 Å². The SMILES string of the molecule is CN[C@@H](C)C(=O)N[C@H](C(=O)N1CC[C@@H]2[C@H]1C(=O)N[C@@H](Cc1ccc3ccccc3c1)C(=O)N[C@H](C(=O)NS(=O)(=O)C1CC1)Cc1ccc(cc1)OCc1cn(nn1)[C@@H]1CCN(C(=O)[C@@H](NC(=O)[C@H](C)NC)C(C)(C)C)[C@@H]1C(=O)N[C@@H](Cc1ccc3ccccc3c1)C(=O)N[C@H](C(=O)OC)Cc1ccc(cc1)OCc1cn2nn1)C(C)(C)C. The molecule has 117 heavy (non-hydrogen) atoms. The summed E-state index contributed by atoms with van der Waals surface area (Å²) >= 11 is 0. The summed E-state index contributed by atoms with van der Waals surface area (Å²) in [5, 5.41) is 43.8. The van der Waals surface area contributed by atoms with E-state index in [1.165, 1.54) is 26.3 Å². The number of hydrogen-bond donors (Lipinski definition) is 9. The zero-order valence-electron chi connectivity index (χ0n) is 67.5. The minimum absolute atomic E-state index is 0.00539. The van der Waals surface area contributed by atoms with Crippen LogP contribution in [0.3, 0.4) is 0 Å². The van der Waals surface area contributed by atoms with Gasteiger partial charge in [-0.25, -0.2) is 22.6 Å². The van der Waals surface area contributed by atoms with Crippen LogP contribution in [-0.4, -0.2) is 207 Å². The highest BCUT2D eigenvalue weighted by atomic mass is 32.2. The van der Waals surface area contributed by atoms with Crippen molar-refractivity contribution in [2.24, 2.45) is 10.8 Å². The molecule has 6 aromatic carbocycles. The maximum Gasteiger partial charge on any atom is 0.328 e. The fraction of sp³-hybridized carbons (Fsp3) is 0.452. The van der Waals surface area contributed by atoms with Crippen molar-refractivity contribution in [3.8, 4) is 11.5 Å². The fourth-order valence-electron chi connectivity index (χ4n) is 14.9. The van der Waals surface area contributed by atoms with Crippen molar-refractivity contribution >= 4 is 90.7 Å². The molecule has 9 N–H and O–H groups in total. The van der Waals surface area contributed by atoms with Crippen molar-refractivity contribution in [1.82, 2.24) is 87.0 Å². The maximum atomic E-state index is 15.8. The second-order valence-corrected chi connectivity index (χ2v) is 34.7.